The topological polar surface area (TPSA) is 57.5 Å². The zero-order chi connectivity index (χ0) is 13.3. The van der Waals surface area contributed by atoms with E-state index in [-0.39, 0.29) is 5.41 Å². The molecule has 0 fully saturated rings. The van der Waals surface area contributed by atoms with Crippen molar-refractivity contribution in [3.05, 3.63) is 35.4 Å². The Bertz CT molecular complexity index is 396. The van der Waals surface area contributed by atoms with Crippen LogP contribution in [0.2, 0.25) is 0 Å². The summed E-state index contributed by atoms with van der Waals surface area (Å²) in [6, 6.07) is 7.10. The van der Waals surface area contributed by atoms with E-state index in [1.807, 2.05) is 12.1 Å². The van der Waals surface area contributed by atoms with Gasteiger partial charge in [-0.3, -0.25) is 0 Å². The first-order chi connectivity index (χ1) is 7.63. The second-order valence-corrected chi connectivity index (χ2v) is 5.81. The molecule has 94 valence electrons. The Labute approximate surface area is 102 Å². The summed E-state index contributed by atoms with van der Waals surface area (Å²) in [5, 5.41) is 18.7. The number of rotatable bonds is 3. The smallest absolute Gasteiger partial charge is 0.340 e. The molecule has 2 N–H and O–H groups in total. The lowest BCUT2D eigenvalue weighted by molar-refractivity contribution is -0.157. The normalized spacial score (nSPS) is 15.4. The lowest BCUT2D eigenvalue weighted by atomic mass is 9.87. The lowest BCUT2D eigenvalue weighted by Crippen LogP contribution is -2.31. The molecule has 0 aromatic heterocycles. The van der Waals surface area contributed by atoms with Gasteiger partial charge in [0.2, 0.25) is 0 Å². The molecule has 0 saturated heterocycles. The van der Waals surface area contributed by atoms with E-state index in [0.29, 0.717) is 5.56 Å². The van der Waals surface area contributed by atoms with Crippen molar-refractivity contribution in [3.8, 4) is 0 Å². The number of carboxylic acids is 1. The molecule has 1 aromatic rings. The zero-order valence-electron chi connectivity index (χ0n) is 10.8. The zero-order valence-corrected chi connectivity index (χ0v) is 10.8. The maximum atomic E-state index is 10.9. The molecule has 0 saturated carbocycles. The van der Waals surface area contributed by atoms with Crippen molar-refractivity contribution in [2.24, 2.45) is 5.41 Å². The minimum Gasteiger partial charge on any atom is -0.479 e. The van der Waals surface area contributed by atoms with Crippen LogP contribution in [-0.2, 0) is 16.8 Å². The maximum absolute atomic E-state index is 10.9. The van der Waals surface area contributed by atoms with Crippen LogP contribution in [0.4, 0.5) is 0 Å². The lowest BCUT2D eigenvalue weighted by Gasteiger charge is -2.21. The van der Waals surface area contributed by atoms with Gasteiger partial charge < -0.3 is 10.2 Å². The van der Waals surface area contributed by atoms with Crippen molar-refractivity contribution < 1.29 is 15.0 Å². The average Bonchev–Trinajstić information content (AvgIpc) is 2.15. The summed E-state index contributed by atoms with van der Waals surface area (Å²) in [6.07, 6.45) is 0.919. The molecule has 0 aliphatic carbocycles. The Hall–Kier alpha value is -1.35. The summed E-state index contributed by atoms with van der Waals surface area (Å²) >= 11 is 0. The number of hydrogen-bond acceptors (Lipinski definition) is 2. The first-order valence-corrected chi connectivity index (χ1v) is 5.68. The van der Waals surface area contributed by atoms with E-state index in [2.05, 4.69) is 20.8 Å². The van der Waals surface area contributed by atoms with Crippen LogP contribution in [0.5, 0.6) is 0 Å². The molecule has 1 unspecified atom stereocenters. The Morgan fingerprint density at radius 1 is 1.12 bits per heavy atom. The van der Waals surface area contributed by atoms with Crippen LogP contribution in [0.15, 0.2) is 24.3 Å². The monoisotopic (exact) mass is 236 g/mol. The molecule has 0 radical (unpaired) electrons. The molecule has 0 aliphatic heterocycles. The third kappa shape index (κ3) is 3.56. The number of aliphatic carboxylic acids is 1. The van der Waals surface area contributed by atoms with Gasteiger partial charge in [0.25, 0.3) is 0 Å². The van der Waals surface area contributed by atoms with Crippen molar-refractivity contribution in [2.75, 3.05) is 0 Å². The van der Waals surface area contributed by atoms with Crippen LogP contribution >= 0.6 is 0 Å². The number of aliphatic hydroxyl groups is 1. The highest BCUT2D eigenvalue weighted by Gasteiger charge is 2.31. The van der Waals surface area contributed by atoms with Crippen molar-refractivity contribution in [2.45, 2.75) is 39.7 Å². The molecule has 1 atom stereocenters. The molecule has 17 heavy (non-hydrogen) atoms. The van der Waals surface area contributed by atoms with Gasteiger partial charge in [0.1, 0.15) is 0 Å². The fraction of sp³-hybridized carbons (Fsp3) is 0.500. The van der Waals surface area contributed by atoms with E-state index in [1.54, 1.807) is 12.1 Å². The summed E-state index contributed by atoms with van der Waals surface area (Å²) < 4.78 is 0. The average molecular weight is 236 g/mol. The number of carbonyl (C=O) groups is 1. The van der Waals surface area contributed by atoms with E-state index >= 15 is 0 Å². The van der Waals surface area contributed by atoms with Crippen molar-refractivity contribution in [1.82, 2.24) is 0 Å². The van der Waals surface area contributed by atoms with Gasteiger partial charge in [-0.2, -0.15) is 0 Å². The highest BCUT2D eigenvalue weighted by molar-refractivity contribution is 5.78. The van der Waals surface area contributed by atoms with Crippen LogP contribution in [0.3, 0.4) is 0 Å². The first-order valence-electron chi connectivity index (χ1n) is 5.68. The molecule has 1 aromatic carbocycles. The van der Waals surface area contributed by atoms with Crippen LogP contribution in [0.1, 0.15) is 38.8 Å². The van der Waals surface area contributed by atoms with E-state index in [9.17, 15) is 9.90 Å². The SMILES string of the molecule is CC(C)(C)Cc1ccc(C(C)(O)C(=O)O)cc1. The fourth-order valence-electron chi connectivity index (χ4n) is 1.68. The standard InChI is InChI=1S/C14H20O3/c1-13(2,3)9-10-5-7-11(8-6-10)14(4,17)12(15)16/h5-8,17H,9H2,1-4H3,(H,15,16). The third-order valence-corrected chi connectivity index (χ3v) is 2.67. The Balaban J connectivity index is 2.93. The minimum absolute atomic E-state index is 0.191. The molecule has 1 rings (SSSR count). The number of benzene rings is 1. The van der Waals surface area contributed by atoms with Gasteiger partial charge in [-0.05, 0) is 29.9 Å². The van der Waals surface area contributed by atoms with Crippen LogP contribution < -0.4 is 0 Å². The van der Waals surface area contributed by atoms with Gasteiger partial charge >= 0.3 is 5.97 Å². The molecule has 3 nitrogen and oxygen atoms in total. The summed E-state index contributed by atoms with van der Waals surface area (Å²) in [5.74, 6) is -1.24. The third-order valence-electron chi connectivity index (χ3n) is 2.67. The number of carboxylic acid groups (broad SMARTS) is 1. The van der Waals surface area contributed by atoms with E-state index < -0.39 is 11.6 Å². The molecule has 3 heteroatoms. The van der Waals surface area contributed by atoms with Crippen LogP contribution in [-0.4, -0.2) is 16.2 Å². The molecule has 0 bridgehead atoms. The van der Waals surface area contributed by atoms with Gasteiger partial charge in [-0.1, -0.05) is 45.0 Å². The first kappa shape index (κ1) is 13.7. The molecule has 0 heterocycles. The Kier molecular flexibility index (Phi) is 3.62. The maximum Gasteiger partial charge on any atom is 0.340 e. The predicted octanol–water partition coefficient (Wildman–Crippen LogP) is 2.57. The van der Waals surface area contributed by atoms with Crippen LogP contribution in [0, 0.1) is 5.41 Å². The second-order valence-electron chi connectivity index (χ2n) is 5.81. The van der Waals surface area contributed by atoms with Gasteiger partial charge in [-0.25, -0.2) is 4.79 Å². The minimum atomic E-state index is -1.82. The second kappa shape index (κ2) is 4.49. The van der Waals surface area contributed by atoms with Gasteiger partial charge in [-0.15, -0.1) is 0 Å². The molecular weight excluding hydrogens is 216 g/mol. The van der Waals surface area contributed by atoms with Crippen LogP contribution in [0.25, 0.3) is 0 Å². The summed E-state index contributed by atoms with van der Waals surface area (Å²) in [5.41, 5.74) is -0.0815. The van der Waals surface area contributed by atoms with Crippen molar-refractivity contribution in [1.29, 1.82) is 0 Å². The molecule has 0 aliphatic rings. The summed E-state index contributed by atoms with van der Waals surface area (Å²) in [6.45, 7) is 7.73. The molecule has 0 spiro atoms. The summed E-state index contributed by atoms with van der Waals surface area (Å²) in [7, 11) is 0. The van der Waals surface area contributed by atoms with E-state index in [0.717, 1.165) is 12.0 Å². The Morgan fingerprint density at radius 3 is 1.94 bits per heavy atom. The van der Waals surface area contributed by atoms with Crippen molar-refractivity contribution in [3.63, 3.8) is 0 Å². The van der Waals surface area contributed by atoms with E-state index in [4.69, 9.17) is 5.11 Å². The molecular formula is C14H20O3. The van der Waals surface area contributed by atoms with Crippen molar-refractivity contribution >= 4 is 5.97 Å². The summed E-state index contributed by atoms with van der Waals surface area (Å²) in [4.78, 5) is 10.9. The molecule has 0 amide bonds. The highest BCUT2D eigenvalue weighted by Crippen LogP contribution is 2.24. The predicted molar refractivity (Wildman–Crippen MR) is 66.8 cm³/mol. The fourth-order valence-corrected chi connectivity index (χ4v) is 1.68. The van der Waals surface area contributed by atoms with Gasteiger partial charge in [0.15, 0.2) is 5.60 Å². The quantitative estimate of drug-likeness (QED) is 0.848. The largest absolute Gasteiger partial charge is 0.479 e. The van der Waals surface area contributed by atoms with E-state index in [1.165, 1.54) is 6.92 Å². The highest BCUT2D eigenvalue weighted by atomic mass is 16.4. The van der Waals surface area contributed by atoms with Gasteiger partial charge in [0, 0.05) is 0 Å². The van der Waals surface area contributed by atoms with Gasteiger partial charge in [0.05, 0.1) is 0 Å². The number of hydrogen-bond donors (Lipinski definition) is 2. The Morgan fingerprint density at radius 2 is 1.59 bits per heavy atom.